The Balaban J connectivity index is 1.75. The summed E-state index contributed by atoms with van der Waals surface area (Å²) in [5, 5.41) is 4.06. The molecule has 0 aliphatic carbocycles. The van der Waals surface area contributed by atoms with Crippen molar-refractivity contribution < 1.29 is 13.2 Å². The molecule has 1 fully saturated rings. The molecule has 0 atom stereocenters. The van der Waals surface area contributed by atoms with Crippen LogP contribution in [-0.2, 0) is 13.2 Å². The highest BCUT2D eigenvalue weighted by atomic mass is 79.9. The molecule has 0 aromatic carbocycles. The van der Waals surface area contributed by atoms with E-state index in [9.17, 15) is 18.0 Å². The molecule has 3 rings (SSSR count). The second-order valence-corrected chi connectivity index (χ2v) is 6.80. The molecule has 3 heterocycles. The zero-order valence-corrected chi connectivity index (χ0v) is 15.6. The Labute approximate surface area is 156 Å². The Kier molecular flexibility index (Phi) is 5.22. The molecule has 0 unspecified atom stereocenters. The second-order valence-electron chi connectivity index (χ2n) is 6.00. The van der Waals surface area contributed by atoms with Gasteiger partial charge in [-0.05, 0) is 34.5 Å². The number of anilines is 2. The van der Waals surface area contributed by atoms with Gasteiger partial charge in [0.25, 0.3) is 5.56 Å². The van der Waals surface area contributed by atoms with Crippen LogP contribution in [0.15, 0.2) is 33.8 Å². The van der Waals surface area contributed by atoms with E-state index >= 15 is 0 Å². The third-order valence-electron chi connectivity index (χ3n) is 4.30. The fraction of sp³-hybridized carbons (Fsp3) is 0.438. The van der Waals surface area contributed by atoms with Gasteiger partial charge in [0.1, 0.15) is 10.3 Å². The quantitative estimate of drug-likeness (QED) is 0.731. The minimum absolute atomic E-state index is 0.215. The molecular formula is C16H17BrF3N5O. The first kappa shape index (κ1) is 18.7. The number of rotatable bonds is 2. The minimum atomic E-state index is -4.39. The van der Waals surface area contributed by atoms with E-state index in [0.717, 1.165) is 24.4 Å². The van der Waals surface area contributed by atoms with Crippen LogP contribution in [0.5, 0.6) is 0 Å². The third kappa shape index (κ3) is 3.84. The highest BCUT2D eigenvalue weighted by Crippen LogP contribution is 2.30. The third-order valence-corrected chi connectivity index (χ3v) is 5.04. The van der Waals surface area contributed by atoms with E-state index in [1.165, 1.54) is 10.7 Å². The van der Waals surface area contributed by atoms with E-state index in [4.69, 9.17) is 0 Å². The fourth-order valence-corrected chi connectivity index (χ4v) is 3.46. The number of nitrogens with zero attached hydrogens (tertiary/aromatic N) is 5. The lowest BCUT2D eigenvalue weighted by atomic mass is 10.2. The lowest BCUT2D eigenvalue weighted by Gasteiger charge is -2.24. The van der Waals surface area contributed by atoms with Crippen LogP contribution in [0.25, 0.3) is 0 Å². The molecule has 0 spiro atoms. The molecule has 10 heteroatoms. The molecule has 140 valence electrons. The molecule has 2 aromatic heterocycles. The molecule has 6 nitrogen and oxygen atoms in total. The lowest BCUT2D eigenvalue weighted by Crippen LogP contribution is -2.33. The Hall–Kier alpha value is -2.10. The normalized spacial score (nSPS) is 15.9. The largest absolute Gasteiger partial charge is 0.417 e. The van der Waals surface area contributed by atoms with Crippen LogP contribution >= 0.6 is 15.9 Å². The molecule has 1 aliphatic rings. The van der Waals surface area contributed by atoms with Gasteiger partial charge in [-0.2, -0.15) is 18.3 Å². The standard InChI is InChI=1S/C16H17BrF3N5O/c1-23-15(26)14(17)12(10-22-23)24-5-2-6-25(8-7-24)13-4-3-11(9-21-13)16(18,19)20/h3-4,9-10H,2,5-8H2,1H3. The number of alkyl halides is 3. The average Bonchev–Trinajstić information content (AvgIpc) is 2.85. The fourth-order valence-electron chi connectivity index (χ4n) is 2.85. The monoisotopic (exact) mass is 431 g/mol. The minimum Gasteiger partial charge on any atom is -0.367 e. The van der Waals surface area contributed by atoms with Gasteiger partial charge in [0.05, 0.1) is 17.4 Å². The molecule has 0 N–H and O–H groups in total. The van der Waals surface area contributed by atoms with Gasteiger partial charge in [0.15, 0.2) is 0 Å². The maximum absolute atomic E-state index is 12.7. The van der Waals surface area contributed by atoms with E-state index in [1.54, 1.807) is 13.2 Å². The summed E-state index contributed by atoms with van der Waals surface area (Å²) in [4.78, 5) is 20.0. The van der Waals surface area contributed by atoms with E-state index in [-0.39, 0.29) is 5.56 Å². The summed E-state index contributed by atoms with van der Waals surface area (Å²) in [5.41, 5.74) is -0.254. The molecule has 1 aliphatic heterocycles. The first-order chi connectivity index (χ1) is 12.3. The van der Waals surface area contributed by atoms with Crippen LogP contribution in [0.2, 0.25) is 0 Å². The van der Waals surface area contributed by atoms with Crippen molar-refractivity contribution in [2.45, 2.75) is 12.6 Å². The molecule has 0 amide bonds. The van der Waals surface area contributed by atoms with Gasteiger partial charge in [0.2, 0.25) is 0 Å². The number of aryl methyl sites for hydroxylation is 1. The number of halogens is 4. The average molecular weight is 432 g/mol. The van der Waals surface area contributed by atoms with Gasteiger partial charge in [0, 0.05) is 39.4 Å². The molecule has 0 bridgehead atoms. The van der Waals surface area contributed by atoms with Crippen molar-refractivity contribution in [3.8, 4) is 0 Å². The van der Waals surface area contributed by atoms with Crippen LogP contribution in [0.3, 0.4) is 0 Å². The Morgan fingerprint density at radius 3 is 2.42 bits per heavy atom. The van der Waals surface area contributed by atoms with Crippen molar-refractivity contribution in [3.05, 3.63) is 44.9 Å². The summed E-state index contributed by atoms with van der Waals surface area (Å²) >= 11 is 3.33. The van der Waals surface area contributed by atoms with Crippen molar-refractivity contribution >= 4 is 27.4 Å². The van der Waals surface area contributed by atoms with Crippen LogP contribution in [0.1, 0.15) is 12.0 Å². The van der Waals surface area contributed by atoms with E-state index in [0.29, 0.717) is 36.5 Å². The predicted molar refractivity (Wildman–Crippen MR) is 95.5 cm³/mol. The molecular weight excluding hydrogens is 415 g/mol. The molecule has 0 radical (unpaired) electrons. The van der Waals surface area contributed by atoms with Gasteiger partial charge >= 0.3 is 6.18 Å². The maximum Gasteiger partial charge on any atom is 0.417 e. The van der Waals surface area contributed by atoms with Crippen molar-refractivity contribution in [1.29, 1.82) is 0 Å². The van der Waals surface area contributed by atoms with Crippen molar-refractivity contribution in [3.63, 3.8) is 0 Å². The van der Waals surface area contributed by atoms with Gasteiger partial charge < -0.3 is 9.80 Å². The van der Waals surface area contributed by atoms with Gasteiger partial charge in [-0.3, -0.25) is 4.79 Å². The van der Waals surface area contributed by atoms with Crippen LogP contribution < -0.4 is 15.4 Å². The highest BCUT2D eigenvalue weighted by molar-refractivity contribution is 9.10. The van der Waals surface area contributed by atoms with Crippen molar-refractivity contribution in [2.24, 2.45) is 7.05 Å². The van der Waals surface area contributed by atoms with Gasteiger partial charge in [-0.25, -0.2) is 9.67 Å². The van der Waals surface area contributed by atoms with E-state index in [2.05, 4.69) is 26.0 Å². The SMILES string of the molecule is Cn1ncc(N2CCCN(c3ccc(C(F)(F)F)cn3)CC2)c(Br)c1=O. The van der Waals surface area contributed by atoms with Gasteiger partial charge in [-0.1, -0.05) is 0 Å². The summed E-state index contributed by atoms with van der Waals surface area (Å²) < 4.78 is 39.7. The molecule has 0 saturated carbocycles. The van der Waals surface area contributed by atoms with Crippen LogP contribution in [0, 0.1) is 0 Å². The Morgan fingerprint density at radius 2 is 1.77 bits per heavy atom. The zero-order valence-electron chi connectivity index (χ0n) is 14.0. The zero-order chi connectivity index (χ0) is 18.9. The Morgan fingerprint density at radius 1 is 1.08 bits per heavy atom. The van der Waals surface area contributed by atoms with Crippen molar-refractivity contribution in [1.82, 2.24) is 14.8 Å². The number of hydrogen-bond donors (Lipinski definition) is 0. The van der Waals surface area contributed by atoms with E-state index in [1.807, 2.05) is 9.80 Å². The summed E-state index contributed by atoms with van der Waals surface area (Å²) in [6.07, 6.45) is -1.11. The summed E-state index contributed by atoms with van der Waals surface area (Å²) in [5.74, 6) is 0.515. The highest BCUT2D eigenvalue weighted by Gasteiger charge is 2.31. The molecule has 1 saturated heterocycles. The predicted octanol–water partition coefficient (Wildman–Crippen LogP) is 2.67. The first-order valence-electron chi connectivity index (χ1n) is 8.02. The second kappa shape index (κ2) is 7.26. The lowest BCUT2D eigenvalue weighted by molar-refractivity contribution is -0.137. The van der Waals surface area contributed by atoms with Crippen LogP contribution in [0.4, 0.5) is 24.7 Å². The van der Waals surface area contributed by atoms with Crippen LogP contribution in [-0.4, -0.2) is 40.9 Å². The first-order valence-corrected chi connectivity index (χ1v) is 8.81. The molecule has 2 aromatic rings. The van der Waals surface area contributed by atoms with E-state index < -0.39 is 11.7 Å². The summed E-state index contributed by atoms with van der Waals surface area (Å²) in [6, 6.07) is 2.45. The number of aromatic nitrogens is 3. The topological polar surface area (TPSA) is 54.3 Å². The number of hydrogen-bond acceptors (Lipinski definition) is 5. The molecule has 26 heavy (non-hydrogen) atoms. The Bertz CT molecular complexity index is 837. The van der Waals surface area contributed by atoms with Gasteiger partial charge in [-0.15, -0.1) is 0 Å². The maximum atomic E-state index is 12.7. The number of pyridine rings is 1. The summed E-state index contributed by atoms with van der Waals surface area (Å²) in [7, 11) is 1.58. The smallest absolute Gasteiger partial charge is 0.367 e. The summed E-state index contributed by atoms with van der Waals surface area (Å²) in [6.45, 7) is 2.57. The van der Waals surface area contributed by atoms with Crippen molar-refractivity contribution in [2.75, 3.05) is 36.0 Å².